The lowest BCUT2D eigenvalue weighted by Crippen LogP contribution is -1.88. The van der Waals surface area contributed by atoms with Crippen LogP contribution in [0.5, 0.6) is 5.75 Å². The molecule has 0 atom stereocenters. The first kappa shape index (κ1) is 14.3. The maximum absolute atomic E-state index is 13.5. The third-order valence-electron chi connectivity index (χ3n) is 3.74. The highest BCUT2D eigenvalue weighted by atomic mass is 19.1. The molecular formula is C17H14F2N2O. The third kappa shape index (κ3) is 2.24. The molecule has 3 nitrogen and oxygen atoms in total. The number of aromatic hydroxyl groups is 1. The number of allylic oxidation sites excluding steroid dienone is 2. The van der Waals surface area contributed by atoms with Crippen molar-refractivity contribution in [3.8, 4) is 16.9 Å². The number of aromatic nitrogens is 2. The van der Waals surface area contributed by atoms with Crippen molar-refractivity contribution in [2.75, 3.05) is 0 Å². The van der Waals surface area contributed by atoms with Crippen molar-refractivity contribution in [2.24, 2.45) is 0 Å². The Kier molecular flexibility index (Phi) is 3.41. The van der Waals surface area contributed by atoms with E-state index in [9.17, 15) is 13.9 Å². The van der Waals surface area contributed by atoms with E-state index in [1.807, 2.05) is 32.2 Å². The molecular weight excluding hydrogens is 286 g/mol. The highest BCUT2D eigenvalue weighted by Gasteiger charge is 2.13. The van der Waals surface area contributed by atoms with Crippen LogP contribution in [0.2, 0.25) is 0 Å². The average molecular weight is 300 g/mol. The molecule has 0 unspecified atom stereocenters. The Bertz CT molecular complexity index is 874. The van der Waals surface area contributed by atoms with Crippen LogP contribution in [0.25, 0.3) is 27.7 Å². The molecule has 0 fully saturated rings. The minimum absolute atomic E-state index is 0.326. The molecule has 22 heavy (non-hydrogen) atoms. The molecule has 0 aliphatic rings. The summed E-state index contributed by atoms with van der Waals surface area (Å²) in [5, 5.41) is 10.1. The Morgan fingerprint density at radius 3 is 2.50 bits per heavy atom. The van der Waals surface area contributed by atoms with Gasteiger partial charge in [-0.25, -0.2) is 13.8 Å². The molecule has 3 rings (SSSR count). The fourth-order valence-corrected chi connectivity index (χ4v) is 2.38. The van der Waals surface area contributed by atoms with Crippen LogP contribution in [-0.4, -0.2) is 15.1 Å². The first-order chi connectivity index (χ1) is 10.5. The van der Waals surface area contributed by atoms with Crippen LogP contribution in [-0.2, 0) is 0 Å². The smallest absolute Gasteiger partial charge is 0.187 e. The topological polar surface area (TPSA) is 48.9 Å². The van der Waals surface area contributed by atoms with E-state index in [1.54, 1.807) is 6.20 Å². The second-order valence-electron chi connectivity index (χ2n) is 5.08. The van der Waals surface area contributed by atoms with Gasteiger partial charge in [0, 0.05) is 28.9 Å². The van der Waals surface area contributed by atoms with Crippen LogP contribution in [0.1, 0.15) is 19.4 Å². The molecule has 0 amide bonds. The third-order valence-corrected chi connectivity index (χ3v) is 3.74. The number of hydrogen-bond donors (Lipinski definition) is 2. The van der Waals surface area contributed by atoms with Crippen LogP contribution < -0.4 is 0 Å². The molecule has 0 saturated carbocycles. The van der Waals surface area contributed by atoms with Crippen molar-refractivity contribution in [1.82, 2.24) is 9.97 Å². The second kappa shape index (κ2) is 5.26. The van der Waals surface area contributed by atoms with E-state index in [0.717, 1.165) is 28.7 Å². The van der Waals surface area contributed by atoms with E-state index in [1.165, 1.54) is 0 Å². The van der Waals surface area contributed by atoms with E-state index >= 15 is 0 Å². The molecule has 0 bridgehead atoms. The molecule has 112 valence electrons. The van der Waals surface area contributed by atoms with Crippen molar-refractivity contribution in [3.63, 3.8) is 0 Å². The number of fused-ring (bicyclic) bond motifs is 1. The van der Waals surface area contributed by atoms with Crippen molar-refractivity contribution < 1.29 is 13.9 Å². The second-order valence-corrected chi connectivity index (χ2v) is 5.08. The van der Waals surface area contributed by atoms with Gasteiger partial charge in [0.05, 0.1) is 0 Å². The molecule has 0 radical (unpaired) electrons. The summed E-state index contributed by atoms with van der Waals surface area (Å²) in [6, 6.07) is 4.01. The fourth-order valence-electron chi connectivity index (χ4n) is 2.38. The van der Waals surface area contributed by atoms with Gasteiger partial charge < -0.3 is 10.1 Å². The molecule has 3 aromatic rings. The molecule has 2 N–H and O–H groups in total. The summed E-state index contributed by atoms with van der Waals surface area (Å²) in [7, 11) is 0. The van der Waals surface area contributed by atoms with E-state index in [-0.39, 0.29) is 0 Å². The summed E-state index contributed by atoms with van der Waals surface area (Å²) in [5.74, 6) is -2.95. The molecule has 2 heterocycles. The molecule has 0 saturated heterocycles. The summed E-state index contributed by atoms with van der Waals surface area (Å²) in [6.07, 6.45) is 5.38. The van der Waals surface area contributed by atoms with Gasteiger partial charge in [-0.15, -0.1) is 0 Å². The van der Waals surface area contributed by atoms with Gasteiger partial charge >= 0.3 is 0 Å². The summed E-state index contributed by atoms with van der Waals surface area (Å²) >= 11 is 0. The van der Waals surface area contributed by atoms with E-state index in [0.29, 0.717) is 16.8 Å². The largest absolute Gasteiger partial charge is 0.503 e. The van der Waals surface area contributed by atoms with Crippen molar-refractivity contribution in [2.45, 2.75) is 13.8 Å². The highest BCUT2D eigenvalue weighted by Crippen LogP contribution is 2.31. The summed E-state index contributed by atoms with van der Waals surface area (Å²) in [5.41, 5.74) is 3.68. The van der Waals surface area contributed by atoms with Crippen LogP contribution in [0.15, 0.2) is 36.7 Å². The van der Waals surface area contributed by atoms with Gasteiger partial charge in [0.25, 0.3) is 0 Å². The number of nitrogens with zero attached hydrogens (tertiary/aromatic N) is 1. The Balaban J connectivity index is 2.20. The van der Waals surface area contributed by atoms with Crippen LogP contribution in [0.3, 0.4) is 0 Å². The first-order valence-electron chi connectivity index (χ1n) is 6.80. The first-order valence-corrected chi connectivity index (χ1v) is 6.80. The Labute approximate surface area is 125 Å². The standard InChI is InChI=1S/C17H14F2N2O/c1-3-9(2)13-8-21-17-12(13)4-11(7-20-17)10-5-14(18)16(22)15(19)6-10/h3-8,22H,1-2H3,(H,20,21)/b9-3+. The molecule has 1 aromatic carbocycles. The van der Waals surface area contributed by atoms with Gasteiger partial charge in [-0.3, -0.25) is 0 Å². The number of rotatable bonds is 2. The minimum atomic E-state index is -0.992. The molecule has 0 aliphatic heterocycles. The number of pyridine rings is 1. The van der Waals surface area contributed by atoms with Gasteiger partial charge in [0.2, 0.25) is 0 Å². The number of aromatic amines is 1. The Hall–Kier alpha value is -2.69. The summed E-state index contributed by atoms with van der Waals surface area (Å²) in [4.78, 5) is 7.36. The predicted molar refractivity (Wildman–Crippen MR) is 82.4 cm³/mol. The Morgan fingerprint density at radius 1 is 1.18 bits per heavy atom. The van der Waals surface area contributed by atoms with Gasteiger partial charge in [-0.05, 0) is 43.2 Å². The summed E-state index contributed by atoms with van der Waals surface area (Å²) < 4.78 is 27.0. The van der Waals surface area contributed by atoms with E-state index in [4.69, 9.17) is 0 Å². The number of H-pyrrole nitrogens is 1. The van der Waals surface area contributed by atoms with Gasteiger partial charge in [-0.1, -0.05) is 6.08 Å². The van der Waals surface area contributed by atoms with Crippen molar-refractivity contribution in [1.29, 1.82) is 0 Å². The van der Waals surface area contributed by atoms with Gasteiger partial charge in [0.1, 0.15) is 5.65 Å². The number of hydrogen-bond acceptors (Lipinski definition) is 2. The maximum Gasteiger partial charge on any atom is 0.187 e. The minimum Gasteiger partial charge on any atom is -0.503 e. The van der Waals surface area contributed by atoms with Crippen LogP contribution in [0, 0.1) is 11.6 Å². The van der Waals surface area contributed by atoms with Crippen LogP contribution in [0.4, 0.5) is 8.78 Å². The fraction of sp³-hybridized carbons (Fsp3) is 0.118. The van der Waals surface area contributed by atoms with E-state index < -0.39 is 17.4 Å². The number of phenols is 1. The van der Waals surface area contributed by atoms with Crippen molar-refractivity contribution >= 4 is 16.6 Å². The highest BCUT2D eigenvalue weighted by molar-refractivity contribution is 5.92. The molecule has 0 spiro atoms. The molecule has 5 heteroatoms. The Morgan fingerprint density at radius 2 is 1.86 bits per heavy atom. The van der Waals surface area contributed by atoms with E-state index in [2.05, 4.69) is 9.97 Å². The zero-order valence-electron chi connectivity index (χ0n) is 12.1. The number of benzene rings is 1. The SMILES string of the molecule is C/C=C(\C)c1c[nH]c2ncc(-c3cc(F)c(O)c(F)c3)cc12. The van der Waals surface area contributed by atoms with Crippen LogP contribution >= 0.6 is 0 Å². The predicted octanol–water partition coefficient (Wildman–Crippen LogP) is 4.64. The quantitative estimate of drug-likeness (QED) is 0.724. The normalized spacial score (nSPS) is 12.1. The van der Waals surface area contributed by atoms with Gasteiger partial charge in [-0.2, -0.15) is 0 Å². The molecule has 2 aromatic heterocycles. The maximum atomic E-state index is 13.5. The monoisotopic (exact) mass is 300 g/mol. The number of nitrogens with one attached hydrogen (secondary N) is 1. The number of halogens is 2. The zero-order chi connectivity index (χ0) is 15.9. The zero-order valence-corrected chi connectivity index (χ0v) is 12.1. The number of phenolic OH excluding ortho intramolecular Hbond substituents is 1. The summed E-state index contributed by atoms with van der Waals surface area (Å²) in [6.45, 7) is 3.92. The molecule has 0 aliphatic carbocycles. The lowest BCUT2D eigenvalue weighted by Gasteiger charge is -2.05. The van der Waals surface area contributed by atoms with Crippen molar-refractivity contribution in [3.05, 3.63) is 53.9 Å². The van der Waals surface area contributed by atoms with Gasteiger partial charge in [0.15, 0.2) is 17.4 Å². The average Bonchev–Trinajstić information content (AvgIpc) is 2.94. The lowest BCUT2D eigenvalue weighted by molar-refractivity contribution is 0.396. The lowest BCUT2D eigenvalue weighted by atomic mass is 10.0.